The van der Waals surface area contributed by atoms with Crippen molar-refractivity contribution in [3.63, 3.8) is 0 Å². The highest BCUT2D eigenvalue weighted by atomic mass is 16.5. The Kier molecular flexibility index (Phi) is 7.82. The minimum absolute atomic E-state index is 0.745. The number of likely N-dealkylation sites (tertiary alicyclic amines) is 1. The second kappa shape index (κ2) is 8.90. The van der Waals surface area contributed by atoms with Crippen LogP contribution in [0.2, 0.25) is 0 Å². The van der Waals surface area contributed by atoms with Gasteiger partial charge in [0.1, 0.15) is 0 Å². The molecule has 0 aromatic heterocycles. The van der Waals surface area contributed by atoms with E-state index < -0.39 is 0 Å². The molecular formula is C14H30N2O. The van der Waals surface area contributed by atoms with Crippen LogP contribution >= 0.6 is 0 Å². The molecular weight excluding hydrogens is 212 g/mol. The lowest BCUT2D eigenvalue weighted by Gasteiger charge is -2.37. The van der Waals surface area contributed by atoms with Crippen molar-refractivity contribution in [2.24, 2.45) is 5.92 Å². The molecule has 1 aliphatic rings. The molecule has 0 radical (unpaired) electrons. The highest BCUT2D eigenvalue weighted by molar-refractivity contribution is 4.79. The number of ether oxygens (including phenoxy) is 1. The van der Waals surface area contributed by atoms with E-state index in [1.165, 1.54) is 38.8 Å². The molecule has 3 heteroatoms. The first-order valence-corrected chi connectivity index (χ1v) is 7.21. The van der Waals surface area contributed by atoms with Crippen molar-refractivity contribution in [1.82, 2.24) is 10.2 Å². The van der Waals surface area contributed by atoms with Crippen LogP contribution < -0.4 is 5.32 Å². The van der Waals surface area contributed by atoms with Gasteiger partial charge in [-0.1, -0.05) is 26.7 Å². The summed E-state index contributed by atoms with van der Waals surface area (Å²) in [6.07, 6.45) is 5.43. The lowest BCUT2D eigenvalue weighted by Crippen LogP contribution is -2.47. The van der Waals surface area contributed by atoms with Crippen LogP contribution in [0.4, 0.5) is 0 Å². The predicted molar refractivity (Wildman–Crippen MR) is 73.4 cm³/mol. The standard InChI is InChI=1S/C14H30N2O/c1-4-13(2)12-16-9-6-5-7-14(16)11-15-8-10-17-3/h13-15H,4-12H2,1-3H3. The Morgan fingerprint density at radius 2 is 2.24 bits per heavy atom. The van der Waals surface area contributed by atoms with Crippen LogP contribution in [0, 0.1) is 5.92 Å². The van der Waals surface area contributed by atoms with Crippen LogP contribution in [0.3, 0.4) is 0 Å². The monoisotopic (exact) mass is 242 g/mol. The number of hydrogen-bond donors (Lipinski definition) is 1. The average molecular weight is 242 g/mol. The molecule has 1 N–H and O–H groups in total. The van der Waals surface area contributed by atoms with Gasteiger partial charge in [0.25, 0.3) is 0 Å². The van der Waals surface area contributed by atoms with Gasteiger partial charge in [0.2, 0.25) is 0 Å². The van der Waals surface area contributed by atoms with Crippen LogP contribution in [0.5, 0.6) is 0 Å². The Morgan fingerprint density at radius 1 is 1.41 bits per heavy atom. The summed E-state index contributed by atoms with van der Waals surface area (Å²) >= 11 is 0. The maximum atomic E-state index is 5.06. The molecule has 1 heterocycles. The maximum Gasteiger partial charge on any atom is 0.0587 e. The molecule has 1 rings (SSSR count). The molecule has 1 fully saturated rings. The number of nitrogens with one attached hydrogen (secondary N) is 1. The first kappa shape index (κ1) is 14.9. The fourth-order valence-electron chi connectivity index (χ4n) is 2.50. The number of piperidine rings is 1. The number of nitrogens with zero attached hydrogens (tertiary/aromatic N) is 1. The second-order valence-corrected chi connectivity index (χ2v) is 5.35. The summed E-state index contributed by atoms with van der Waals surface area (Å²) in [7, 11) is 1.76. The van der Waals surface area contributed by atoms with Crippen molar-refractivity contribution in [3.8, 4) is 0 Å². The Morgan fingerprint density at radius 3 is 2.94 bits per heavy atom. The van der Waals surface area contributed by atoms with Gasteiger partial charge in [-0.2, -0.15) is 0 Å². The summed E-state index contributed by atoms with van der Waals surface area (Å²) in [6.45, 7) is 10.1. The van der Waals surface area contributed by atoms with Crippen molar-refractivity contribution in [2.45, 2.75) is 45.6 Å². The van der Waals surface area contributed by atoms with Crippen LogP contribution in [-0.2, 0) is 4.74 Å². The average Bonchev–Trinajstić information content (AvgIpc) is 2.36. The Hall–Kier alpha value is -0.120. The third kappa shape index (κ3) is 5.84. The van der Waals surface area contributed by atoms with Gasteiger partial charge in [0, 0.05) is 32.8 Å². The van der Waals surface area contributed by atoms with E-state index in [0.29, 0.717) is 0 Å². The van der Waals surface area contributed by atoms with E-state index in [1.54, 1.807) is 7.11 Å². The number of rotatable bonds is 8. The number of methoxy groups -OCH3 is 1. The van der Waals surface area contributed by atoms with E-state index in [2.05, 4.69) is 24.1 Å². The minimum Gasteiger partial charge on any atom is -0.383 e. The largest absolute Gasteiger partial charge is 0.383 e. The predicted octanol–water partition coefficient (Wildman–Crippen LogP) is 2.12. The lowest BCUT2D eigenvalue weighted by atomic mass is 9.99. The van der Waals surface area contributed by atoms with Crippen molar-refractivity contribution >= 4 is 0 Å². The molecule has 3 nitrogen and oxygen atoms in total. The Bertz CT molecular complexity index is 187. The zero-order chi connectivity index (χ0) is 12.5. The third-order valence-electron chi connectivity index (χ3n) is 3.86. The van der Waals surface area contributed by atoms with E-state index in [4.69, 9.17) is 4.74 Å². The van der Waals surface area contributed by atoms with E-state index in [1.807, 2.05) is 0 Å². The SMILES string of the molecule is CCC(C)CN1CCCCC1CNCCOC. The quantitative estimate of drug-likeness (QED) is 0.660. The van der Waals surface area contributed by atoms with Crippen LogP contribution in [0.25, 0.3) is 0 Å². The van der Waals surface area contributed by atoms with Gasteiger partial charge in [-0.05, 0) is 25.3 Å². The summed E-state index contributed by atoms with van der Waals surface area (Å²) in [5.74, 6) is 0.828. The van der Waals surface area contributed by atoms with Crippen molar-refractivity contribution in [3.05, 3.63) is 0 Å². The first-order chi connectivity index (χ1) is 8.27. The van der Waals surface area contributed by atoms with Crippen LogP contribution in [-0.4, -0.2) is 50.8 Å². The highest BCUT2D eigenvalue weighted by Gasteiger charge is 2.22. The number of hydrogen-bond acceptors (Lipinski definition) is 3. The molecule has 0 bridgehead atoms. The van der Waals surface area contributed by atoms with Crippen LogP contribution in [0.15, 0.2) is 0 Å². The smallest absolute Gasteiger partial charge is 0.0587 e. The van der Waals surface area contributed by atoms with Crippen molar-refractivity contribution < 1.29 is 4.74 Å². The molecule has 0 saturated carbocycles. The van der Waals surface area contributed by atoms with Crippen molar-refractivity contribution in [1.29, 1.82) is 0 Å². The maximum absolute atomic E-state index is 5.06. The molecule has 0 spiro atoms. The molecule has 2 atom stereocenters. The lowest BCUT2D eigenvalue weighted by molar-refractivity contribution is 0.122. The van der Waals surface area contributed by atoms with Gasteiger partial charge < -0.3 is 10.1 Å². The van der Waals surface area contributed by atoms with E-state index >= 15 is 0 Å². The molecule has 0 amide bonds. The highest BCUT2D eigenvalue weighted by Crippen LogP contribution is 2.18. The van der Waals surface area contributed by atoms with Crippen molar-refractivity contribution in [2.75, 3.05) is 39.9 Å². The summed E-state index contributed by atoms with van der Waals surface area (Å²) in [5, 5.41) is 3.51. The second-order valence-electron chi connectivity index (χ2n) is 5.35. The summed E-state index contributed by atoms with van der Waals surface area (Å²) in [6, 6.07) is 0.745. The normalized spacial score (nSPS) is 23.8. The van der Waals surface area contributed by atoms with E-state index in [9.17, 15) is 0 Å². The fourth-order valence-corrected chi connectivity index (χ4v) is 2.50. The van der Waals surface area contributed by atoms with Gasteiger partial charge >= 0.3 is 0 Å². The molecule has 1 saturated heterocycles. The minimum atomic E-state index is 0.745. The molecule has 0 aromatic carbocycles. The van der Waals surface area contributed by atoms with Gasteiger partial charge in [0.05, 0.1) is 6.61 Å². The summed E-state index contributed by atoms with van der Waals surface area (Å²) in [4.78, 5) is 2.69. The molecule has 0 aromatic rings. The van der Waals surface area contributed by atoms with E-state index in [-0.39, 0.29) is 0 Å². The fraction of sp³-hybridized carbons (Fsp3) is 1.00. The Labute approximate surface area is 107 Å². The zero-order valence-corrected chi connectivity index (χ0v) is 11.9. The summed E-state index contributed by atoms with van der Waals surface area (Å²) < 4.78 is 5.06. The molecule has 2 unspecified atom stereocenters. The topological polar surface area (TPSA) is 24.5 Å². The Balaban J connectivity index is 2.26. The van der Waals surface area contributed by atoms with Gasteiger partial charge in [-0.3, -0.25) is 4.90 Å². The summed E-state index contributed by atoms with van der Waals surface area (Å²) in [5.41, 5.74) is 0. The zero-order valence-electron chi connectivity index (χ0n) is 11.9. The van der Waals surface area contributed by atoms with Gasteiger partial charge in [0.15, 0.2) is 0 Å². The van der Waals surface area contributed by atoms with Crippen LogP contribution in [0.1, 0.15) is 39.5 Å². The third-order valence-corrected chi connectivity index (χ3v) is 3.86. The molecule has 102 valence electrons. The molecule has 17 heavy (non-hydrogen) atoms. The molecule has 0 aliphatic carbocycles. The van der Waals surface area contributed by atoms with Gasteiger partial charge in [-0.25, -0.2) is 0 Å². The molecule has 1 aliphatic heterocycles. The first-order valence-electron chi connectivity index (χ1n) is 7.21. The van der Waals surface area contributed by atoms with Gasteiger partial charge in [-0.15, -0.1) is 0 Å². The van der Waals surface area contributed by atoms with E-state index in [0.717, 1.165) is 31.7 Å².